The van der Waals surface area contributed by atoms with Gasteiger partial charge in [0.25, 0.3) is 0 Å². The molecule has 1 atom stereocenters. The molecule has 1 aromatic rings. The van der Waals surface area contributed by atoms with Crippen LogP contribution in [0.1, 0.15) is 24.1 Å². The number of aromatic nitrogens is 2. The van der Waals surface area contributed by atoms with Gasteiger partial charge in [0.05, 0.1) is 12.2 Å². The molecule has 4 rings (SSSR count). The van der Waals surface area contributed by atoms with E-state index in [-0.39, 0.29) is 0 Å². The summed E-state index contributed by atoms with van der Waals surface area (Å²) >= 11 is 0. The van der Waals surface area contributed by atoms with Crippen LogP contribution in [0.3, 0.4) is 0 Å². The molecule has 19 heavy (non-hydrogen) atoms. The summed E-state index contributed by atoms with van der Waals surface area (Å²) in [5, 5.41) is 8.25. The predicted octanol–water partition coefficient (Wildman–Crippen LogP) is 1.56. The summed E-state index contributed by atoms with van der Waals surface area (Å²) in [6.07, 6.45) is 6.77. The number of hydrogen-bond acceptors (Lipinski definition) is 3. The predicted molar refractivity (Wildman–Crippen MR) is 77.0 cm³/mol. The standard InChI is InChI=1S/C15H24N4/c1-3-6-19-10-14(12(2)17-19)9-16-15-11-18-7-4-13(15)5-8-18/h3,10,13,15-16H,1,4-9,11H2,2H3/t15-/m1/s1. The highest BCUT2D eigenvalue weighted by atomic mass is 15.3. The Labute approximate surface area is 115 Å². The van der Waals surface area contributed by atoms with E-state index in [4.69, 9.17) is 0 Å². The normalized spacial score (nSPS) is 29.6. The Kier molecular flexibility index (Phi) is 3.71. The molecule has 2 bridgehead atoms. The highest BCUT2D eigenvalue weighted by molar-refractivity contribution is 5.15. The fraction of sp³-hybridized carbons (Fsp3) is 0.667. The van der Waals surface area contributed by atoms with E-state index in [9.17, 15) is 0 Å². The molecule has 0 saturated carbocycles. The van der Waals surface area contributed by atoms with Crippen molar-refractivity contribution in [1.29, 1.82) is 0 Å². The zero-order valence-electron chi connectivity index (χ0n) is 11.8. The van der Waals surface area contributed by atoms with Gasteiger partial charge in [0.1, 0.15) is 0 Å². The third kappa shape index (κ3) is 2.74. The molecule has 0 aromatic carbocycles. The maximum absolute atomic E-state index is 4.51. The molecule has 0 unspecified atom stereocenters. The van der Waals surface area contributed by atoms with Crippen molar-refractivity contribution in [2.75, 3.05) is 19.6 Å². The first-order valence-corrected chi connectivity index (χ1v) is 7.36. The fourth-order valence-electron chi connectivity index (χ4n) is 3.40. The second-order valence-electron chi connectivity index (χ2n) is 5.88. The van der Waals surface area contributed by atoms with Crippen LogP contribution in [-0.4, -0.2) is 40.4 Å². The van der Waals surface area contributed by atoms with Gasteiger partial charge in [0.15, 0.2) is 0 Å². The third-order valence-electron chi connectivity index (χ3n) is 4.58. The molecule has 0 spiro atoms. The zero-order valence-corrected chi connectivity index (χ0v) is 11.8. The molecule has 0 aliphatic carbocycles. The van der Waals surface area contributed by atoms with E-state index in [2.05, 4.69) is 35.0 Å². The number of rotatable bonds is 5. The number of aryl methyl sites for hydroxylation is 1. The second-order valence-corrected chi connectivity index (χ2v) is 5.88. The summed E-state index contributed by atoms with van der Waals surface area (Å²) in [4.78, 5) is 2.59. The molecule has 4 nitrogen and oxygen atoms in total. The average molecular weight is 260 g/mol. The van der Waals surface area contributed by atoms with Crippen molar-refractivity contribution in [2.24, 2.45) is 5.92 Å². The van der Waals surface area contributed by atoms with Crippen molar-refractivity contribution in [2.45, 2.75) is 38.9 Å². The van der Waals surface area contributed by atoms with Gasteiger partial charge >= 0.3 is 0 Å². The summed E-state index contributed by atoms with van der Waals surface area (Å²) in [5.41, 5.74) is 2.45. The van der Waals surface area contributed by atoms with Crippen molar-refractivity contribution in [1.82, 2.24) is 20.0 Å². The van der Waals surface area contributed by atoms with E-state index in [0.29, 0.717) is 6.04 Å². The molecule has 0 radical (unpaired) electrons. The van der Waals surface area contributed by atoms with E-state index in [1.165, 1.54) is 38.0 Å². The van der Waals surface area contributed by atoms with E-state index >= 15 is 0 Å². The third-order valence-corrected chi connectivity index (χ3v) is 4.58. The van der Waals surface area contributed by atoms with Crippen molar-refractivity contribution < 1.29 is 0 Å². The first-order valence-electron chi connectivity index (χ1n) is 7.36. The van der Waals surface area contributed by atoms with Crippen molar-refractivity contribution in [3.05, 3.63) is 30.1 Å². The molecule has 3 fully saturated rings. The maximum atomic E-state index is 4.51. The van der Waals surface area contributed by atoms with Gasteiger partial charge in [-0.05, 0) is 38.8 Å². The number of nitrogens with one attached hydrogen (secondary N) is 1. The van der Waals surface area contributed by atoms with Gasteiger partial charge in [0.2, 0.25) is 0 Å². The van der Waals surface area contributed by atoms with Crippen LogP contribution in [0.5, 0.6) is 0 Å². The molecular formula is C15H24N4. The molecule has 1 aromatic heterocycles. The van der Waals surface area contributed by atoms with Gasteiger partial charge in [0, 0.05) is 30.9 Å². The van der Waals surface area contributed by atoms with Gasteiger partial charge in [-0.15, -0.1) is 6.58 Å². The highest BCUT2D eigenvalue weighted by Gasteiger charge is 2.33. The van der Waals surface area contributed by atoms with Crippen LogP contribution in [0.4, 0.5) is 0 Å². The minimum atomic E-state index is 0.671. The minimum absolute atomic E-state index is 0.671. The number of hydrogen-bond donors (Lipinski definition) is 1. The molecule has 4 heterocycles. The number of allylic oxidation sites excluding steroid dienone is 1. The largest absolute Gasteiger partial charge is 0.308 e. The Morgan fingerprint density at radius 1 is 1.47 bits per heavy atom. The molecule has 4 heteroatoms. The number of fused-ring (bicyclic) bond motifs is 3. The quantitative estimate of drug-likeness (QED) is 0.816. The lowest BCUT2D eigenvalue weighted by Crippen LogP contribution is -2.55. The Bertz CT molecular complexity index is 443. The molecular weight excluding hydrogens is 236 g/mol. The summed E-state index contributed by atoms with van der Waals surface area (Å²) < 4.78 is 1.97. The number of nitrogens with zero attached hydrogens (tertiary/aromatic N) is 3. The lowest BCUT2D eigenvalue weighted by Gasteiger charge is -2.45. The van der Waals surface area contributed by atoms with Crippen molar-refractivity contribution >= 4 is 0 Å². The van der Waals surface area contributed by atoms with Crippen LogP contribution in [0.25, 0.3) is 0 Å². The fourth-order valence-corrected chi connectivity index (χ4v) is 3.40. The van der Waals surface area contributed by atoms with E-state index < -0.39 is 0 Å². The topological polar surface area (TPSA) is 33.1 Å². The number of piperidine rings is 3. The average Bonchev–Trinajstić information content (AvgIpc) is 2.78. The van der Waals surface area contributed by atoms with Crippen molar-refractivity contribution in [3.63, 3.8) is 0 Å². The summed E-state index contributed by atoms with van der Waals surface area (Å²) in [7, 11) is 0. The van der Waals surface area contributed by atoms with Crippen molar-refractivity contribution in [3.8, 4) is 0 Å². The minimum Gasteiger partial charge on any atom is -0.308 e. The van der Waals surface area contributed by atoms with Crippen LogP contribution in [-0.2, 0) is 13.1 Å². The lowest BCUT2D eigenvalue weighted by atomic mass is 9.84. The molecule has 1 N–H and O–H groups in total. The monoisotopic (exact) mass is 260 g/mol. The Balaban J connectivity index is 1.58. The lowest BCUT2D eigenvalue weighted by molar-refractivity contribution is 0.0720. The van der Waals surface area contributed by atoms with Gasteiger partial charge < -0.3 is 10.2 Å². The van der Waals surface area contributed by atoms with Crippen LogP contribution >= 0.6 is 0 Å². The van der Waals surface area contributed by atoms with Crippen LogP contribution in [0.15, 0.2) is 18.9 Å². The van der Waals surface area contributed by atoms with E-state index in [1.807, 2.05) is 10.8 Å². The SMILES string of the molecule is C=CCn1cc(CN[C@@H]2CN3CCC2CC3)c(C)n1. The second kappa shape index (κ2) is 5.47. The highest BCUT2D eigenvalue weighted by Crippen LogP contribution is 2.27. The van der Waals surface area contributed by atoms with Crippen LogP contribution in [0.2, 0.25) is 0 Å². The van der Waals surface area contributed by atoms with Gasteiger partial charge in [-0.25, -0.2) is 0 Å². The molecule has 3 aliphatic rings. The van der Waals surface area contributed by atoms with Gasteiger partial charge in [-0.1, -0.05) is 6.08 Å². The Hall–Kier alpha value is -1.13. The van der Waals surface area contributed by atoms with Gasteiger partial charge in [-0.3, -0.25) is 4.68 Å². The summed E-state index contributed by atoms with van der Waals surface area (Å²) in [5.74, 6) is 0.883. The smallest absolute Gasteiger partial charge is 0.0638 e. The molecule has 104 valence electrons. The maximum Gasteiger partial charge on any atom is 0.0638 e. The first-order chi connectivity index (χ1) is 9.26. The van der Waals surface area contributed by atoms with Crippen LogP contribution in [0, 0.1) is 12.8 Å². The molecule has 0 amide bonds. The molecule has 3 aliphatic heterocycles. The van der Waals surface area contributed by atoms with E-state index in [1.54, 1.807) is 0 Å². The summed E-state index contributed by atoms with van der Waals surface area (Å²) in [6.45, 7) is 11.4. The Morgan fingerprint density at radius 2 is 2.26 bits per heavy atom. The first kappa shape index (κ1) is 12.9. The van der Waals surface area contributed by atoms with Gasteiger partial charge in [-0.2, -0.15) is 5.10 Å². The summed E-state index contributed by atoms with van der Waals surface area (Å²) in [6, 6.07) is 0.671. The van der Waals surface area contributed by atoms with Crippen LogP contribution < -0.4 is 5.32 Å². The zero-order chi connectivity index (χ0) is 13.2. The molecule has 3 saturated heterocycles. The Morgan fingerprint density at radius 3 is 2.89 bits per heavy atom. The van der Waals surface area contributed by atoms with E-state index in [0.717, 1.165) is 24.7 Å².